The Balaban J connectivity index is 1.87. The first-order valence-corrected chi connectivity index (χ1v) is 8.72. The summed E-state index contributed by atoms with van der Waals surface area (Å²) in [5, 5.41) is 0. The van der Waals surface area contributed by atoms with Crippen molar-refractivity contribution in [3.05, 3.63) is 23.3 Å². The van der Waals surface area contributed by atoms with E-state index in [-0.39, 0.29) is 0 Å². The highest BCUT2D eigenvalue weighted by Crippen LogP contribution is 2.40. The van der Waals surface area contributed by atoms with Gasteiger partial charge < -0.3 is 14.4 Å². The summed E-state index contributed by atoms with van der Waals surface area (Å²) in [6.45, 7) is 8.06. The number of hydrogen-bond donors (Lipinski definition) is 0. The third-order valence-corrected chi connectivity index (χ3v) is 5.39. The predicted molar refractivity (Wildman–Crippen MR) is 93.4 cm³/mol. The topological polar surface area (TPSA) is 24.9 Å². The van der Waals surface area contributed by atoms with Gasteiger partial charge in [0.2, 0.25) is 0 Å². The van der Waals surface area contributed by atoms with E-state index in [0.29, 0.717) is 12.1 Å². The van der Waals surface area contributed by atoms with Gasteiger partial charge in [-0.25, -0.2) is 0 Å². The van der Waals surface area contributed by atoms with Crippen LogP contribution in [0.4, 0.5) is 0 Å². The monoisotopic (exact) mass is 318 g/mol. The highest BCUT2D eigenvalue weighted by atomic mass is 16.5. The van der Waals surface area contributed by atoms with Gasteiger partial charge in [0.15, 0.2) is 11.5 Å². The molecule has 2 aliphatic heterocycles. The van der Waals surface area contributed by atoms with Crippen LogP contribution < -0.4 is 9.47 Å². The summed E-state index contributed by atoms with van der Waals surface area (Å²) in [6, 6.07) is 5.52. The van der Waals surface area contributed by atoms with Crippen LogP contribution in [0.15, 0.2) is 12.1 Å². The molecule has 3 rings (SSSR count). The van der Waals surface area contributed by atoms with Crippen LogP contribution in [0, 0.1) is 5.92 Å². The highest BCUT2D eigenvalue weighted by Gasteiger charge is 2.36. The van der Waals surface area contributed by atoms with Gasteiger partial charge in [0, 0.05) is 31.7 Å². The number of benzene rings is 1. The van der Waals surface area contributed by atoms with E-state index >= 15 is 0 Å². The third-order valence-electron chi connectivity index (χ3n) is 5.39. The zero-order chi connectivity index (χ0) is 16.6. The van der Waals surface area contributed by atoms with Crippen molar-refractivity contribution in [3.63, 3.8) is 0 Å². The van der Waals surface area contributed by atoms with E-state index in [1.165, 1.54) is 24.1 Å². The average molecular weight is 318 g/mol. The molecule has 1 fully saturated rings. The smallest absolute Gasteiger partial charge is 0.161 e. The molecule has 1 aromatic carbocycles. The fraction of sp³-hybridized carbons (Fsp3) is 0.684. The first-order chi connectivity index (χ1) is 11.0. The van der Waals surface area contributed by atoms with Gasteiger partial charge in [0.1, 0.15) is 0 Å². The summed E-state index contributed by atoms with van der Waals surface area (Å²) >= 11 is 0. The molecule has 2 atom stereocenters. The van der Waals surface area contributed by atoms with E-state index in [4.69, 9.17) is 9.47 Å². The first-order valence-electron chi connectivity index (χ1n) is 8.72. The fourth-order valence-corrected chi connectivity index (χ4v) is 4.14. The van der Waals surface area contributed by atoms with Gasteiger partial charge in [0.05, 0.1) is 14.2 Å². The molecule has 0 aromatic heterocycles. The SMILES string of the molecule is COc1cc2c(cc1OC)[C@@H]1CN(C)[C@H](CC(C)C)CN1CC2. The lowest BCUT2D eigenvalue weighted by atomic mass is 9.88. The highest BCUT2D eigenvalue weighted by molar-refractivity contribution is 5.49. The molecular formula is C19H30N2O2. The van der Waals surface area contributed by atoms with E-state index in [1.54, 1.807) is 14.2 Å². The summed E-state index contributed by atoms with van der Waals surface area (Å²) in [6.07, 6.45) is 2.38. The van der Waals surface area contributed by atoms with Crippen molar-refractivity contribution < 1.29 is 9.47 Å². The summed E-state index contributed by atoms with van der Waals surface area (Å²) < 4.78 is 11.0. The Hall–Kier alpha value is -1.26. The number of fused-ring (bicyclic) bond motifs is 3. The van der Waals surface area contributed by atoms with Gasteiger partial charge in [0.25, 0.3) is 0 Å². The van der Waals surface area contributed by atoms with Crippen molar-refractivity contribution >= 4 is 0 Å². The Morgan fingerprint density at radius 3 is 2.48 bits per heavy atom. The second-order valence-corrected chi connectivity index (χ2v) is 7.39. The predicted octanol–water partition coefficient (Wildman–Crippen LogP) is 2.96. The summed E-state index contributed by atoms with van der Waals surface area (Å²) in [7, 11) is 5.71. The Labute approximate surface area is 140 Å². The van der Waals surface area contributed by atoms with Crippen LogP contribution >= 0.6 is 0 Å². The van der Waals surface area contributed by atoms with E-state index < -0.39 is 0 Å². The molecule has 4 heteroatoms. The quantitative estimate of drug-likeness (QED) is 0.852. The van der Waals surface area contributed by atoms with Crippen molar-refractivity contribution in [1.82, 2.24) is 9.80 Å². The molecule has 0 amide bonds. The van der Waals surface area contributed by atoms with Crippen LogP contribution in [0.2, 0.25) is 0 Å². The van der Waals surface area contributed by atoms with Crippen molar-refractivity contribution in [2.24, 2.45) is 5.92 Å². The Bertz CT molecular complexity index is 559. The lowest BCUT2D eigenvalue weighted by molar-refractivity contribution is 0.0294. The summed E-state index contributed by atoms with van der Waals surface area (Å²) in [5.74, 6) is 2.45. The molecule has 0 aliphatic carbocycles. The van der Waals surface area contributed by atoms with E-state index in [1.807, 2.05) is 0 Å². The Kier molecular flexibility index (Phi) is 4.83. The maximum absolute atomic E-state index is 5.53. The number of hydrogen-bond acceptors (Lipinski definition) is 4. The van der Waals surface area contributed by atoms with Gasteiger partial charge in [-0.15, -0.1) is 0 Å². The van der Waals surface area contributed by atoms with Gasteiger partial charge in [-0.3, -0.25) is 4.90 Å². The molecule has 1 aromatic rings. The lowest BCUT2D eigenvalue weighted by Crippen LogP contribution is -2.55. The molecule has 23 heavy (non-hydrogen) atoms. The number of rotatable bonds is 4. The van der Waals surface area contributed by atoms with E-state index in [0.717, 1.165) is 36.9 Å². The van der Waals surface area contributed by atoms with E-state index in [2.05, 4.69) is 42.8 Å². The van der Waals surface area contributed by atoms with Crippen LogP contribution in [-0.4, -0.2) is 56.7 Å². The van der Waals surface area contributed by atoms with Gasteiger partial charge in [-0.2, -0.15) is 0 Å². The van der Waals surface area contributed by atoms with Crippen molar-refractivity contribution in [1.29, 1.82) is 0 Å². The molecule has 2 aliphatic rings. The third kappa shape index (κ3) is 3.20. The minimum absolute atomic E-state index is 0.479. The molecule has 0 unspecified atom stereocenters. The maximum atomic E-state index is 5.53. The van der Waals surface area contributed by atoms with Gasteiger partial charge in [-0.05, 0) is 49.1 Å². The molecule has 0 bridgehead atoms. The maximum Gasteiger partial charge on any atom is 0.161 e. The number of methoxy groups -OCH3 is 2. The molecular weight excluding hydrogens is 288 g/mol. The summed E-state index contributed by atoms with van der Waals surface area (Å²) in [5.41, 5.74) is 2.84. The summed E-state index contributed by atoms with van der Waals surface area (Å²) in [4.78, 5) is 5.22. The van der Waals surface area contributed by atoms with Crippen LogP contribution in [0.3, 0.4) is 0 Å². The van der Waals surface area contributed by atoms with Crippen molar-refractivity contribution in [3.8, 4) is 11.5 Å². The molecule has 1 saturated heterocycles. The minimum atomic E-state index is 0.479. The number of piperazine rings is 1. The van der Waals surface area contributed by atoms with Crippen LogP contribution in [-0.2, 0) is 6.42 Å². The van der Waals surface area contributed by atoms with Crippen molar-refractivity contribution in [2.45, 2.75) is 38.8 Å². The average Bonchev–Trinajstić information content (AvgIpc) is 2.53. The fourth-order valence-electron chi connectivity index (χ4n) is 4.14. The number of ether oxygens (including phenoxy) is 2. The zero-order valence-corrected chi connectivity index (χ0v) is 15.1. The second kappa shape index (κ2) is 6.70. The normalized spacial score (nSPS) is 25.1. The molecule has 0 N–H and O–H groups in total. The minimum Gasteiger partial charge on any atom is -0.493 e. The number of nitrogens with zero attached hydrogens (tertiary/aromatic N) is 2. The largest absolute Gasteiger partial charge is 0.493 e. The van der Waals surface area contributed by atoms with Crippen LogP contribution in [0.5, 0.6) is 11.5 Å². The molecule has 0 saturated carbocycles. The second-order valence-electron chi connectivity index (χ2n) is 7.39. The molecule has 4 nitrogen and oxygen atoms in total. The zero-order valence-electron chi connectivity index (χ0n) is 15.1. The molecule has 2 heterocycles. The standard InChI is InChI=1S/C19H30N2O2/c1-13(2)8-15-11-21-7-6-14-9-18(22-4)19(23-5)10-16(14)17(21)12-20(15)3/h9-10,13,15,17H,6-8,11-12H2,1-5H3/t15-,17+/m1/s1. The Morgan fingerprint density at radius 1 is 1.13 bits per heavy atom. The van der Waals surface area contributed by atoms with Gasteiger partial charge in [-0.1, -0.05) is 13.8 Å². The van der Waals surface area contributed by atoms with Crippen LogP contribution in [0.1, 0.15) is 37.4 Å². The van der Waals surface area contributed by atoms with Gasteiger partial charge >= 0.3 is 0 Å². The lowest BCUT2D eigenvalue weighted by Gasteiger charge is -2.48. The molecule has 128 valence electrons. The Morgan fingerprint density at radius 2 is 1.83 bits per heavy atom. The van der Waals surface area contributed by atoms with Crippen molar-refractivity contribution in [2.75, 3.05) is 40.9 Å². The number of likely N-dealkylation sites (N-methyl/N-ethyl adjacent to an activating group) is 1. The van der Waals surface area contributed by atoms with Crippen LogP contribution in [0.25, 0.3) is 0 Å². The van der Waals surface area contributed by atoms with E-state index in [9.17, 15) is 0 Å². The molecule has 0 spiro atoms. The first kappa shape index (κ1) is 16.6. The molecule has 0 radical (unpaired) electrons.